The molecular weight excluding hydrogens is 256 g/mol. The Balaban J connectivity index is 2.85. The van der Waals surface area contributed by atoms with Crippen molar-refractivity contribution in [1.82, 2.24) is 9.55 Å². The Bertz CT molecular complexity index is 764. The molecule has 0 amide bonds. The highest BCUT2D eigenvalue weighted by atomic mass is 16.3. The summed E-state index contributed by atoms with van der Waals surface area (Å²) in [6.07, 6.45) is 0. The van der Waals surface area contributed by atoms with Crippen molar-refractivity contribution in [3.63, 3.8) is 0 Å². The van der Waals surface area contributed by atoms with Crippen LogP contribution >= 0.6 is 0 Å². The second-order valence-electron chi connectivity index (χ2n) is 5.83. The minimum atomic E-state index is -0.635. The number of hydrogen-bond acceptors (Lipinski definition) is 3. The van der Waals surface area contributed by atoms with Crippen LogP contribution in [-0.4, -0.2) is 14.7 Å². The summed E-state index contributed by atoms with van der Waals surface area (Å²) in [5, 5.41) is 10.4. The van der Waals surface area contributed by atoms with Crippen LogP contribution in [0.5, 0.6) is 5.88 Å². The van der Waals surface area contributed by atoms with Crippen LogP contribution in [0, 0.1) is 6.92 Å². The predicted octanol–water partition coefficient (Wildman–Crippen LogP) is 1.97. The zero-order valence-electron chi connectivity index (χ0n) is 12.0. The van der Waals surface area contributed by atoms with Gasteiger partial charge in [-0.25, -0.2) is 4.79 Å². The van der Waals surface area contributed by atoms with Gasteiger partial charge in [0.2, 0.25) is 5.88 Å². The van der Waals surface area contributed by atoms with E-state index in [-0.39, 0.29) is 11.4 Å². The minimum absolute atomic E-state index is 0.114. The first-order valence-electron chi connectivity index (χ1n) is 6.37. The maximum Gasteiger partial charge on any atom is 0.331 e. The van der Waals surface area contributed by atoms with Crippen LogP contribution in [0.3, 0.4) is 0 Å². The SMILES string of the molecule is Cc1cccc(-c2c(O)n(C(C)(C)C)c(=O)[nH]c2=O)c1. The molecule has 0 radical (unpaired) electrons. The molecule has 0 unspecified atom stereocenters. The number of benzene rings is 1. The van der Waals surface area contributed by atoms with Gasteiger partial charge in [-0.2, -0.15) is 0 Å². The molecule has 0 spiro atoms. The van der Waals surface area contributed by atoms with Crippen molar-refractivity contribution in [2.24, 2.45) is 0 Å². The number of aryl methyl sites for hydroxylation is 1. The van der Waals surface area contributed by atoms with E-state index in [0.717, 1.165) is 5.56 Å². The van der Waals surface area contributed by atoms with Gasteiger partial charge < -0.3 is 5.11 Å². The van der Waals surface area contributed by atoms with Gasteiger partial charge in [0.1, 0.15) is 5.56 Å². The monoisotopic (exact) mass is 274 g/mol. The smallest absolute Gasteiger partial charge is 0.331 e. The second kappa shape index (κ2) is 4.67. The fourth-order valence-electron chi connectivity index (χ4n) is 2.21. The maximum absolute atomic E-state index is 12.0. The maximum atomic E-state index is 12.0. The second-order valence-corrected chi connectivity index (χ2v) is 5.83. The molecule has 5 nitrogen and oxygen atoms in total. The Morgan fingerprint density at radius 3 is 2.40 bits per heavy atom. The molecule has 1 aromatic heterocycles. The van der Waals surface area contributed by atoms with E-state index in [2.05, 4.69) is 4.98 Å². The fraction of sp³-hybridized carbons (Fsp3) is 0.333. The van der Waals surface area contributed by atoms with Crippen LogP contribution in [0.4, 0.5) is 0 Å². The van der Waals surface area contributed by atoms with Crippen LogP contribution in [0.15, 0.2) is 33.9 Å². The number of rotatable bonds is 1. The molecule has 0 atom stereocenters. The third-order valence-corrected chi connectivity index (χ3v) is 3.06. The van der Waals surface area contributed by atoms with Gasteiger partial charge in [-0.3, -0.25) is 14.3 Å². The minimum Gasteiger partial charge on any atom is -0.494 e. The summed E-state index contributed by atoms with van der Waals surface area (Å²) in [5.41, 5.74) is -0.168. The van der Waals surface area contributed by atoms with Crippen molar-refractivity contribution in [3.05, 3.63) is 50.7 Å². The molecule has 0 saturated heterocycles. The lowest BCUT2D eigenvalue weighted by Crippen LogP contribution is -2.39. The van der Waals surface area contributed by atoms with Gasteiger partial charge in [0.25, 0.3) is 5.56 Å². The average molecular weight is 274 g/mol. The first-order valence-corrected chi connectivity index (χ1v) is 6.37. The van der Waals surface area contributed by atoms with Gasteiger partial charge >= 0.3 is 5.69 Å². The van der Waals surface area contributed by atoms with Gasteiger partial charge in [-0.05, 0) is 33.3 Å². The third-order valence-electron chi connectivity index (χ3n) is 3.06. The highest BCUT2D eigenvalue weighted by Crippen LogP contribution is 2.28. The van der Waals surface area contributed by atoms with Gasteiger partial charge in [0, 0.05) is 5.54 Å². The molecule has 0 bridgehead atoms. The normalized spacial score (nSPS) is 11.6. The molecule has 2 rings (SSSR count). The molecule has 2 N–H and O–H groups in total. The quantitative estimate of drug-likeness (QED) is 0.835. The number of H-pyrrole nitrogens is 1. The topological polar surface area (TPSA) is 75.1 Å². The Morgan fingerprint density at radius 2 is 1.85 bits per heavy atom. The van der Waals surface area contributed by atoms with Crippen molar-refractivity contribution in [3.8, 4) is 17.0 Å². The number of aromatic nitrogens is 2. The zero-order valence-corrected chi connectivity index (χ0v) is 12.0. The summed E-state index contributed by atoms with van der Waals surface area (Å²) in [7, 11) is 0. The molecular formula is C15H18N2O3. The Kier molecular flexibility index (Phi) is 3.29. The largest absolute Gasteiger partial charge is 0.494 e. The Labute approximate surface area is 116 Å². The van der Waals surface area contributed by atoms with Gasteiger partial charge in [-0.1, -0.05) is 29.8 Å². The first kappa shape index (κ1) is 14.1. The summed E-state index contributed by atoms with van der Waals surface area (Å²) < 4.78 is 1.19. The molecule has 20 heavy (non-hydrogen) atoms. The van der Waals surface area contributed by atoms with E-state index in [4.69, 9.17) is 0 Å². The molecule has 0 saturated carbocycles. The number of nitrogens with one attached hydrogen (secondary N) is 1. The van der Waals surface area contributed by atoms with Gasteiger partial charge in [0.15, 0.2) is 0 Å². The molecule has 5 heteroatoms. The molecule has 0 aliphatic rings. The van der Waals surface area contributed by atoms with E-state index < -0.39 is 16.8 Å². The molecule has 0 aliphatic carbocycles. The van der Waals surface area contributed by atoms with Crippen molar-refractivity contribution < 1.29 is 5.11 Å². The summed E-state index contributed by atoms with van der Waals surface area (Å²) in [4.78, 5) is 26.2. The van der Waals surface area contributed by atoms with Crippen LogP contribution in [0.1, 0.15) is 26.3 Å². The highest BCUT2D eigenvalue weighted by molar-refractivity contribution is 5.68. The summed E-state index contributed by atoms with van der Waals surface area (Å²) in [5.74, 6) is -0.308. The average Bonchev–Trinajstić information content (AvgIpc) is 2.25. The third kappa shape index (κ3) is 2.39. The standard InChI is InChI=1S/C15H18N2O3/c1-9-6-5-7-10(8-9)11-12(18)16-14(20)17(13(11)19)15(2,3)4/h5-8,19H,1-4H3,(H,16,18,20). The molecule has 2 aromatic rings. The fourth-order valence-corrected chi connectivity index (χ4v) is 2.21. The summed E-state index contributed by atoms with van der Waals surface area (Å²) in [6, 6.07) is 7.22. The van der Waals surface area contributed by atoms with Crippen molar-refractivity contribution in [2.75, 3.05) is 0 Å². The van der Waals surface area contributed by atoms with E-state index in [1.165, 1.54) is 4.57 Å². The van der Waals surface area contributed by atoms with Crippen molar-refractivity contribution in [1.29, 1.82) is 0 Å². The van der Waals surface area contributed by atoms with Crippen LogP contribution in [0.2, 0.25) is 0 Å². The lowest BCUT2D eigenvalue weighted by Gasteiger charge is -2.24. The van der Waals surface area contributed by atoms with Crippen LogP contribution < -0.4 is 11.2 Å². The van der Waals surface area contributed by atoms with E-state index in [1.807, 2.05) is 13.0 Å². The van der Waals surface area contributed by atoms with Gasteiger partial charge in [0.05, 0.1) is 0 Å². The lowest BCUT2D eigenvalue weighted by atomic mass is 10.0. The molecule has 0 aliphatic heterocycles. The molecule has 1 heterocycles. The predicted molar refractivity (Wildman–Crippen MR) is 78.2 cm³/mol. The molecule has 106 valence electrons. The van der Waals surface area contributed by atoms with Gasteiger partial charge in [-0.15, -0.1) is 0 Å². The van der Waals surface area contributed by atoms with E-state index in [1.54, 1.807) is 39.0 Å². The first-order chi connectivity index (χ1) is 9.21. The Hall–Kier alpha value is -2.30. The lowest BCUT2D eigenvalue weighted by molar-refractivity contribution is 0.308. The van der Waals surface area contributed by atoms with Crippen LogP contribution in [0.25, 0.3) is 11.1 Å². The summed E-state index contributed by atoms with van der Waals surface area (Å²) in [6.45, 7) is 7.25. The number of aromatic amines is 1. The van der Waals surface area contributed by atoms with E-state index in [9.17, 15) is 14.7 Å². The van der Waals surface area contributed by atoms with E-state index in [0.29, 0.717) is 5.56 Å². The molecule has 0 fully saturated rings. The molecule has 1 aromatic carbocycles. The Morgan fingerprint density at radius 1 is 1.20 bits per heavy atom. The zero-order chi connectivity index (χ0) is 15.1. The highest BCUT2D eigenvalue weighted by Gasteiger charge is 2.23. The van der Waals surface area contributed by atoms with Crippen molar-refractivity contribution >= 4 is 0 Å². The van der Waals surface area contributed by atoms with Crippen LogP contribution in [-0.2, 0) is 5.54 Å². The van der Waals surface area contributed by atoms with Crippen molar-refractivity contribution in [2.45, 2.75) is 33.2 Å². The van der Waals surface area contributed by atoms with E-state index >= 15 is 0 Å². The summed E-state index contributed by atoms with van der Waals surface area (Å²) >= 11 is 0. The number of hydrogen-bond donors (Lipinski definition) is 2. The number of nitrogens with zero attached hydrogens (tertiary/aromatic N) is 1. The number of aromatic hydroxyl groups is 1.